The van der Waals surface area contributed by atoms with Gasteiger partial charge in [-0.15, -0.1) is 0 Å². The monoisotopic (exact) mass is 933 g/mol. The van der Waals surface area contributed by atoms with Gasteiger partial charge in [0, 0.05) is 67.7 Å². The van der Waals surface area contributed by atoms with E-state index in [9.17, 15) is 29.1 Å². The van der Waals surface area contributed by atoms with Gasteiger partial charge in [-0.2, -0.15) is 0 Å². The van der Waals surface area contributed by atoms with E-state index < -0.39 is 59.2 Å². The van der Waals surface area contributed by atoms with E-state index in [0.717, 1.165) is 44.5 Å². The molecule has 16 heteroatoms. The number of likely N-dealkylation sites (N-methyl/N-ethyl adjacent to an activating group) is 1. The fourth-order valence-corrected chi connectivity index (χ4v) is 10.3. The van der Waals surface area contributed by atoms with Crippen LogP contribution in [0, 0.1) is 11.3 Å². The van der Waals surface area contributed by atoms with Crippen LogP contribution in [0.5, 0.6) is 5.75 Å². The van der Waals surface area contributed by atoms with Crippen LogP contribution in [-0.2, 0) is 52.8 Å². The Hall–Kier alpha value is -5.84. The SMILES string of the molecule is CCn1c(-c2cccnc2C(C)C)c2c3cc(ccc31)-c1cc(O)cc(c1)C[C@H](NC(=O)[C@H](C(C)C)N(C)C(=O)[C@@H]1CO[C@H](C)CN1C(=O)[C@@H]1CN1)C(=O)N1CCC[C@H](N1)C(=O)OCC(C)(C)C2. The predicted octanol–water partition coefficient (Wildman–Crippen LogP) is 4.94. The second kappa shape index (κ2) is 19.6. The summed E-state index contributed by atoms with van der Waals surface area (Å²) >= 11 is 0. The minimum atomic E-state index is -1.19. The number of rotatable bonds is 9. The molecule has 0 spiro atoms. The van der Waals surface area contributed by atoms with Gasteiger partial charge in [-0.05, 0) is 104 Å². The number of hydrogen-bond acceptors (Lipinski definition) is 11. The van der Waals surface area contributed by atoms with E-state index in [0.29, 0.717) is 37.9 Å². The molecule has 4 N–H and O–H groups in total. The Labute approximate surface area is 399 Å². The molecule has 4 aliphatic heterocycles. The molecule has 8 rings (SSSR count). The van der Waals surface area contributed by atoms with Crippen molar-refractivity contribution in [2.75, 3.05) is 39.9 Å². The predicted molar refractivity (Wildman–Crippen MR) is 258 cm³/mol. The van der Waals surface area contributed by atoms with Crippen molar-refractivity contribution in [3.63, 3.8) is 0 Å². The van der Waals surface area contributed by atoms with Crippen molar-refractivity contribution in [2.45, 2.75) is 130 Å². The summed E-state index contributed by atoms with van der Waals surface area (Å²) in [4.78, 5) is 78.9. The number of fused-ring (bicyclic) bond motifs is 6. The lowest BCUT2D eigenvalue weighted by atomic mass is 9.83. The average Bonchev–Trinajstić information content (AvgIpc) is 4.12. The van der Waals surface area contributed by atoms with E-state index in [2.05, 4.69) is 73.4 Å². The van der Waals surface area contributed by atoms with Crippen LogP contribution in [-0.4, -0.2) is 135 Å². The lowest BCUT2D eigenvalue weighted by Crippen LogP contribution is -2.64. The van der Waals surface area contributed by atoms with Gasteiger partial charge in [0.05, 0.1) is 36.7 Å². The van der Waals surface area contributed by atoms with Crippen LogP contribution >= 0.6 is 0 Å². The second-order valence-corrected chi connectivity index (χ2v) is 20.6. The van der Waals surface area contributed by atoms with Crippen LogP contribution < -0.4 is 16.1 Å². The first-order valence-corrected chi connectivity index (χ1v) is 24.3. The normalized spacial score (nSPS) is 23.5. The fourth-order valence-electron chi connectivity index (χ4n) is 10.3. The number of amides is 4. The molecule has 4 aromatic rings. The number of nitrogens with one attached hydrogen (secondary N) is 3. The molecule has 6 atom stereocenters. The van der Waals surface area contributed by atoms with Gasteiger partial charge < -0.3 is 39.6 Å². The van der Waals surface area contributed by atoms with Gasteiger partial charge in [-0.25, -0.2) is 5.43 Å². The average molecular weight is 933 g/mol. The molecule has 4 amide bonds. The highest BCUT2D eigenvalue weighted by Crippen LogP contribution is 2.42. The number of nitrogens with zero attached hydrogens (tertiary/aromatic N) is 5. The first kappa shape index (κ1) is 48.6. The molecule has 16 nitrogen and oxygen atoms in total. The number of carbonyl (C=O) groups excluding carboxylic acids is 5. The summed E-state index contributed by atoms with van der Waals surface area (Å²) in [6, 6.07) is 11.3. The number of morpholine rings is 1. The second-order valence-electron chi connectivity index (χ2n) is 20.6. The molecular formula is C52H68N8O8. The highest BCUT2D eigenvalue weighted by molar-refractivity contribution is 5.97. The molecule has 6 bridgehead atoms. The number of ether oxygens (including phenoxy) is 2. The number of hydrogen-bond donors (Lipinski definition) is 4. The Balaban J connectivity index is 1.19. The van der Waals surface area contributed by atoms with Gasteiger partial charge in [0.1, 0.15) is 29.9 Å². The van der Waals surface area contributed by atoms with Crippen molar-refractivity contribution >= 4 is 40.5 Å². The topological polar surface area (TPSA) is 198 Å². The summed E-state index contributed by atoms with van der Waals surface area (Å²) in [7, 11) is 1.54. The maximum atomic E-state index is 14.8. The lowest BCUT2D eigenvalue weighted by molar-refractivity contribution is -0.160. The maximum Gasteiger partial charge on any atom is 0.324 e. The molecule has 2 aromatic carbocycles. The zero-order valence-corrected chi connectivity index (χ0v) is 40.9. The van der Waals surface area contributed by atoms with E-state index in [1.807, 2.05) is 45.2 Å². The largest absolute Gasteiger partial charge is 0.508 e. The highest BCUT2D eigenvalue weighted by atomic mass is 16.5. The third kappa shape index (κ3) is 9.99. The summed E-state index contributed by atoms with van der Waals surface area (Å²) in [6.07, 6.45) is 3.06. The number of hydrazine groups is 1. The number of aromatic hydroxyl groups is 1. The van der Waals surface area contributed by atoms with Crippen molar-refractivity contribution in [2.24, 2.45) is 11.3 Å². The van der Waals surface area contributed by atoms with Gasteiger partial charge in [0.15, 0.2) is 0 Å². The van der Waals surface area contributed by atoms with Gasteiger partial charge in [0.2, 0.25) is 17.7 Å². The minimum Gasteiger partial charge on any atom is -0.508 e. The van der Waals surface area contributed by atoms with Crippen molar-refractivity contribution in [3.8, 4) is 28.1 Å². The summed E-state index contributed by atoms with van der Waals surface area (Å²) in [5, 5.41) is 19.8. The van der Waals surface area contributed by atoms with Crippen LogP contribution in [0.2, 0.25) is 0 Å². The van der Waals surface area contributed by atoms with E-state index in [-0.39, 0.29) is 62.4 Å². The Morgan fingerprint density at radius 1 is 1.06 bits per heavy atom. The molecule has 364 valence electrons. The van der Waals surface area contributed by atoms with Gasteiger partial charge in [0.25, 0.3) is 5.91 Å². The zero-order valence-electron chi connectivity index (χ0n) is 40.9. The van der Waals surface area contributed by atoms with Crippen LogP contribution in [0.15, 0.2) is 54.7 Å². The summed E-state index contributed by atoms with van der Waals surface area (Å²) in [5.74, 6) is -2.42. The number of esters is 1. The van der Waals surface area contributed by atoms with Crippen molar-refractivity contribution in [1.82, 2.24) is 40.4 Å². The standard InChI is InChI=1S/C52H68N8O8/c1-10-58-42-16-15-33-23-37(42)38(46(58)36-13-11-17-53-44(36)29(2)3)24-52(7,8)28-68-51(66)39-14-12-18-60(56-39)49(64)40(21-32-19-34(33)22-35(61)20-32)55-47(62)45(30(4)5)57(9)50(65)43-27-67-31(6)26-59(43)48(63)41-25-54-41/h11,13,15-17,19-20,22-23,29-31,39-41,43,45,54,56,61H,10,12,14,18,21,24-28H2,1-9H3,(H,55,62)/t31-,39+,40+,41+,43+,45+/m1/s1. The molecule has 2 aromatic heterocycles. The maximum absolute atomic E-state index is 14.8. The molecule has 0 saturated carbocycles. The molecule has 0 radical (unpaired) electrons. The van der Waals surface area contributed by atoms with Crippen molar-refractivity contribution in [1.29, 1.82) is 0 Å². The van der Waals surface area contributed by atoms with Crippen LogP contribution in [0.25, 0.3) is 33.3 Å². The van der Waals surface area contributed by atoms with Crippen LogP contribution in [0.4, 0.5) is 0 Å². The molecular weight excluding hydrogens is 865 g/mol. The molecule has 0 aliphatic carbocycles. The number of carbonyl (C=O) groups is 5. The highest BCUT2D eigenvalue weighted by Gasteiger charge is 2.45. The fraction of sp³-hybridized carbons (Fsp3) is 0.538. The Morgan fingerprint density at radius 3 is 2.53 bits per heavy atom. The third-order valence-electron chi connectivity index (χ3n) is 13.8. The lowest BCUT2D eigenvalue weighted by Gasteiger charge is -2.41. The summed E-state index contributed by atoms with van der Waals surface area (Å²) in [5.41, 5.74) is 10.00. The molecule has 6 heterocycles. The first-order chi connectivity index (χ1) is 32.3. The number of phenols is 1. The Morgan fingerprint density at radius 2 is 1.82 bits per heavy atom. The number of benzene rings is 2. The number of pyridine rings is 1. The molecule has 3 saturated heterocycles. The first-order valence-electron chi connectivity index (χ1n) is 24.3. The quantitative estimate of drug-likeness (QED) is 0.131. The number of aromatic nitrogens is 2. The van der Waals surface area contributed by atoms with Gasteiger partial charge in [-0.3, -0.25) is 34.0 Å². The Kier molecular flexibility index (Phi) is 14.0. The molecule has 68 heavy (non-hydrogen) atoms. The van der Waals surface area contributed by atoms with Gasteiger partial charge in [-0.1, -0.05) is 53.7 Å². The molecule has 0 unspecified atom stereocenters. The van der Waals surface area contributed by atoms with Crippen LogP contribution in [0.1, 0.15) is 91.0 Å². The summed E-state index contributed by atoms with van der Waals surface area (Å²) in [6.45, 7) is 17.9. The Bertz CT molecular complexity index is 2580. The number of phenolic OH excluding ortho intramolecular Hbond substituents is 1. The summed E-state index contributed by atoms with van der Waals surface area (Å²) < 4.78 is 14.3. The van der Waals surface area contributed by atoms with E-state index >= 15 is 0 Å². The van der Waals surface area contributed by atoms with Crippen LogP contribution in [0.3, 0.4) is 0 Å². The smallest absolute Gasteiger partial charge is 0.324 e. The molecule has 4 aliphatic rings. The van der Waals surface area contributed by atoms with E-state index in [1.165, 1.54) is 9.91 Å². The zero-order chi connectivity index (χ0) is 48.8. The van der Waals surface area contributed by atoms with Crippen molar-refractivity contribution in [3.05, 3.63) is 71.5 Å². The molecule has 3 fully saturated rings. The van der Waals surface area contributed by atoms with E-state index in [4.69, 9.17) is 14.5 Å². The third-order valence-corrected chi connectivity index (χ3v) is 13.8. The minimum absolute atomic E-state index is 0.0107. The van der Waals surface area contributed by atoms with Crippen molar-refractivity contribution < 1.29 is 38.6 Å². The van der Waals surface area contributed by atoms with E-state index in [1.54, 1.807) is 24.1 Å². The number of cyclic esters (lactones) is 1. The van der Waals surface area contributed by atoms with Gasteiger partial charge >= 0.3 is 5.97 Å². The number of aryl methyl sites for hydroxylation is 1.